The number of hydrogen-bond donors (Lipinski definition) is 1. The van der Waals surface area contributed by atoms with Gasteiger partial charge < -0.3 is 9.67 Å². The molecule has 3 heteroatoms. The summed E-state index contributed by atoms with van der Waals surface area (Å²) in [5.74, 6) is 0. The van der Waals surface area contributed by atoms with Crippen LogP contribution in [0, 0.1) is 0 Å². The highest BCUT2D eigenvalue weighted by atomic mass is 28.3. The Morgan fingerprint density at radius 1 is 1.40 bits per heavy atom. The monoisotopic (exact) mass is 159 g/mol. The number of aliphatic hydroxyl groups excluding tert-OH is 1. The molecule has 2 nitrogen and oxygen atoms in total. The summed E-state index contributed by atoms with van der Waals surface area (Å²) >= 11 is 0. The Bertz CT molecular complexity index is 121. The van der Waals surface area contributed by atoms with Crippen molar-refractivity contribution >= 4 is 8.24 Å². The van der Waals surface area contributed by atoms with Crippen molar-refractivity contribution in [2.75, 3.05) is 6.54 Å². The first kappa shape index (κ1) is 8.24. The van der Waals surface area contributed by atoms with E-state index in [1.54, 1.807) is 0 Å². The zero-order valence-electron chi connectivity index (χ0n) is 7.09. The van der Waals surface area contributed by atoms with Gasteiger partial charge in [-0.2, -0.15) is 0 Å². The largest absolute Gasteiger partial charge is 0.379 e. The third kappa shape index (κ3) is 1.59. The fourth-order valence-corrected chi connectivity index (χ4v) is 3.38. The summed E-state index contributed by atoms with van der Waals surface area (Å²) in [6, 6.07) is 0. The lowest BCUT2D eigenvalue weighted by Crippen LogP contribution is -2.48. The summed E-state index contributed by atoms with van der Waals surface area (Å²) in [6.07, 6.45) is 2.02. The van der Waals surface area contributed by atoms with E-state index in [1.807, 2.05) is 0 Å². The molecule has 60 valence electrons. The average Bonchev–Trinajstić information content (AvgIpc) is 2.11. The SMILES string of the molecule is C[Si](C)(C)N1CCCC1O. The standard InChI is InChI=1S/C7H17NOSi/c1-10(2,3)8-6-4-5-7(8)9/h7,9H,4-6H2,1-3H3. The van der Waals surface area contributed by atoms with E-state index in [9.17, 15) is 5.11 Å². The minimum Gasteiger partial charge on any atom is -0.379 e. The molecule has 0 radical (unpaired) electrons. The molecule has 1 rings (SSSR count). The van der Waals surface area contributed by atoms with E-state index in [4.69, 9.17) is 0 Å². The zero-order chi connectivity index (χ0) is 7.78. The van der Waals surface area contributed by atoms with Crippen LogP contribution < -0.4 is 0 Å². The molecule has 1 unspecified atom stereocenters. The number of nitrogens with zero attached hydrogens (tertiary/aromatic N) is 1. The second-order valence-electron chi connectivity index (χ2n) is 3.99. The van der Waals surface area contributed by atoms with E-state index in [0.29, 0.717) is 0 Å². The van der Waals surface area contributed by atoms with Gasteiger partial charge in [-0.1, -0.05) is 19.6 Å². The van der Waals surface area contributed by atoms with Gasteiger partial charge in [0.05, 0.1) is 0 Å². The van der Waals surface area contributed by atoms with Crippen LogP contribution in [-0.2, 0) is 0 Å². The molecular weight excluding hydrogens is 142 g/mol. The molecule has 0 saturated carbocycles. The smallest absolute Gasteiger partial charge is 0.122 e. The summed E-state index contributed by atoms with van der Waals surface area (Å²) in [5, 5.41) is 9.49. The normalized spacial score (nSPS) is 29.4. The summed E-state index contributed by atoms with van der Waals surface area (Å²) in [6.45, 7) is 7.95. The molecule has 1 saturated heterocycles. The highest BCUT2D eigenvalue weighted by molar-refractivity contribution is 6.73. The number of rotatable bonds is 1. The van der Waals surface area contributed by atoms with Crippen LogP contribution in [0.1, 0.15) is 12.8 Å². The molecule has 0 aliphatic carbocycles. The van der Waals surface area contributed by atoms with E-state index in [2.05, 4.69) is 24.2 Å². The quantitative estimate of drug-likeness (QED) is 0.582. The first-order chi connectivity index (χ1) is 4.52. The molecule has 0 bridgehead atoms. The molecular formula is C7H17NOSi. The van der Waals surface area contributed by atoms with Gasteiger partial charge in [0.15, 0.2) is 0 Å². The van der Waals surface area contributed by atoms with Crippen LogP contribution in [0.2, 0.25) is 19.6 Å². The molecule has 1 aliphatic heterocycles. The summed E-state index contributed by atoms with van der Waals surface area (Å²) in [7, 11) is -1.20. The van der Waals surface area contributed by atoms with Gasteiger partial charge in [-0.05, 0) is 19.4 Å². The molecule has 1 heterocycles. The second-order valence-corrected chi connectivity index (χ2v) is 8.90. The van der Waals surface area contributed by atoms with Crippen molar-refractivity contribution in [3.05, 3.63) is 0 Å². The van der Waals surface area contributed by atoms with Crippen LogP contribution in [0.25, 0.3) is 0 Å². The van der Waals surface area contributed by atoms with Crippen molar-refractivity contribution in [1.29, 1.82) is 0 Å². The van der Waals surface area contributed by atoms with Gasteiger partial charge in [0.25, 0.3) is 0 Å². The van der Waals surface area contributed by atoms with Gasteiger partial charge in [-0.25, -0.2) is 0 Å². The van der Waals surface area contributed by atoms with Gasteiger partial charge in [-0.3, -0.25) is 0 Å². The second kappa shape index (κ2) is 2.64. The van der Waals surface area contributed by atoms with E-state index >= 15 is 0 Å². The van der Waals surface area contributed by atoms with E-state index in [1.165, 1.54) is 6.42 Å². The maximum atomic E-state index is 9.49. The van der Waals surface area contributed by atoms with Crippen molar-refractivity contribution in [3.8, 4) is 0 Å². The molecule has 1 fully saturated rings. The Kier molecular flexibility index (Phi) is 2.17. The predicted octanol–water partition coefficient (Wildman–Crippen LogP) is 1.24. The highest BCUT2D eigenvalue weighted by Crippen LogP contribution is 2.21. The molecule has 0 amide bonds. The predicted molar refractivity (Wildman–Crippen MR) is 45.3 cm³/mol. The minimum absolute atomic E-state index is 0.133. The molecule has 1 N–H and O–H groups in total. The van der Waals surface area contributed by atoms with Crippen LogP contribution >= 0.6 is 0 Å². The Morgan fingerprint density at radius 2 is 2.00 bits per heavy atom. The van der Waals surface area contributed by atoms with Crippen LogP contribution in [0.15, 0.2) is 0 Å². The number of hydrogen-bond acceptors (Lipinski definition) is 2. The van der Waals surface area contributed by atoms with E-state index in [-0.39, 0.29) is 6.23 Å². The van der Waals surface area contributed by atoms with Crippen molar-refractivity contribution in [3.63, 3.8) is 0 Å². The summed E-state index contributed by atoms with van der Waals surface area (Å²) < 4.78 is 2.28. The Labute approximate surface area is 63.9 Å². The van der Waals surface area contributed by atoms with E-state index < -0.39 is 8.24 Å². The first-order valence-electron chi connectivity index (χ1n) is 3.96. The van der Waals surface area contributed by atoms with E-state index in [0.717, 1.165) is 13.0 Å². The molecule has 0 aromatic heterocycles. The lowest BCUT2D eigenvalue weighted by molar-refractivity contribution is 0.0886. The molecule has 1 aliphatic rings. The first-order valence-corrected chi connectivity index (χ1v) is 7.41. The van der Waals surface area contributed by atoms with Crippen LogP contribution in [0.5, 0.6) is 0 Å². The Morgan fingerprint density at radius 3 is 2.20 bits per heavy atom. The molecule has 0 aromatic rings. The topological polar surface area (TPSA) is 23.5 Å². The molecule has 1 atom stereocenters. The Balaban J connectivity index is 2.55. The van der Waals surface area contributed by atoms with Gasteiger partial charge >= 0.3 is 0 Å². The maximum absolute atomic E-state index is 9.49. The third-order valence-corrected chi connectivity index (χ3v) is 4.33. The van der Waals surface area contributed by atoms with Gasteiger partial charge in [0.2, 0.25) is 0 Å². The maximum Gasteiger partial charge on any atom is 0.122 e. The van der Waals surface area contributed by atoms with Crippen molar-refractivity contribution in [2.24, 2.45) is 0 Å². The zero-order valence-corrected chi connectivity index (χ0v) is 8.09. The van der Waals surface area contributed by atoms with Crippen molar-refractivity contribution in [1.82, 2.24) is 4.57 Å². The molecule has 0 aromatic carbocycles. The van der Waals surface area contributed by atoms with Crippen molar-refractivity contribution < 1.29 is 5.11 Å². The van der Waals surface area contributed by atoms with Gasteiger partial charge in [-0.15, -0.1) is 0 Å². The van der Waals surface area contributed by atoms with Gasteiger partial charge in [0, 0.05) is 0 Å². The summed E-state index contributed by atoms with van der Waals surface area (Å²) in [4.78, 5) is 0. The van der Waals surface area contributed by atoms with Crippen LogP contribution in [0.3, 0.4) is 0 Å². The highest BCUT2D eigenvalue weighted by Gasteiger charge is 2.32. The van der Waals surface area contributed by atoms with Crippen LogP contribution in [-0.4, -0.2) is 30.7 Å². The average molecular weight is 159 g/mol. The summed E-state index contributed by atoms with van der Waals surface area (Å²) in [5.41, 5.74) is 0. The van der Waals surface area contributed by atoms with Gasteiger partial charge in [0.1, 0.15) is 14.5 Å². The third-order valence-electron chi connectivity index (χ3n) is 2.08. The molecule has 0 spiro atoms. The fourth-order valence-electron chi connectivity index (χ4n) is 1.53. The van der Waals surface area contributed by atoms with Crippen LogP contribution in [0.4, 0.5) is 0 Å². The minimum atomic E-state index is -1.20. The fraction of sp³-hybridized carbons (Fsp3) is 1.00. The number of aliphatic hydroxyl groups is 1. The lowest BCUT2D eigenvalue weighted by atomic mass is 10.4. The van der Waals surface area contributed by atoms with Crippen molar-refractivity contribution in [2.45, 2.75) is 38.7 Å². The Hall–Kier alpha value is 0.137. The lowest BCUT2D eigenvalue weighted by Gasteiger charge is -2.32. The molecule has 10 heavy (non-hydrogen) atoms.